The first-order valence-corrected chi connectivity index (χ1v) is 6.52. The van der Waals surface area contributed by atoms with Gasteiger partial charge in [0.25, 0.3) is 0 Å². The Labute approximate surface area is 112 Å². The maximum absolute atomic E-state index is 11.7. The van der Waals surface area contributed by atoms with E-state index in [2.05, 4.69) is 20.6 Å². The number of aromatic nitrogens is 2. The molecule has 6 heteroatoms. The Bertz CT molecular complexity index is 411. The molecule has 0 spiro atoms. The third-order valence-corrected chi connectivity index (χ3v) is 2.56. The summed E-state index contributed by atoms with van der Waals surface area (Å²) in [6.45, 7) is 6.42. The zero-order chi connectivity index (χ0) is 13.5. The van der Waals surface area contributed by atoms with Crippen molar-refractivity contribution in [2.75, 3.05) is 11.9 Å². The zero-order valence-corrected chi connectivity index (χ0v) is 11.7. The number of rotatable bonds is 6. The van der Waals surface area contributed by atoms with Gasteiger partial charge in [0.1, 0.15) is 22.8 Å². The van der Waals surface area contributed by atoms with Crippen LogP contribution in [0.4, 0.5) is 5.82 Å². The quantitative estimate of drug-likeness (QED) is 0.776. The summed E-state index contributed by atoms with van der Waals surface area (Å²) in [4.78, 5) is 20.0. The van der Waals surface area contributed by atoms with Crippen molar-refractivity contribution in [3.63, 3.8) is 0 Å². The molecule has 1 amide bonds. The first-order chi connectivity index (χ1) is 8.56. The number of nitrogens with zero attached hydrogens (tertiary/aromatic N) is 2. The second kappa shape index (κ2) is 7.16. The van der Waals surface area contributed by atoms with Crippen molar-refractivity contribution in [3.8, 4) is 0 Å². The molecule has 0 aliphatic rings. The Hall–Kier alpha value is -1.36. The molecule has 0 saturated heterocycles. The minimum atomic E-state index is -0.354. The number of aryl methyl sites for hydroxylation is 1. The van der Waals surface area contributed by atoms with Crippen LogP contribution in [0.1, 0.15) is 33.0 Å². The maximum Gasteiger partial charge on any atom is 0.242 e. The lowest BCUT2D eigenvalue weighted by Crippen LogP contribution is -2.38. The van der Waals surface area contributed by atoms with Gasteiger partial charge in [-0.25, -0.2) is 9.97 Å². The number of hydrogen-bond acceptors (Lipinski definition) is 4. The SMILES string of the molecule is CCCNC(=O)C(C)Nc1cc(Cl)nc(CC)n1. The van der Waals surface area contributed by atoms with Crippen LogP contribution < -0.4 is 10.6 Å². The molecule has 1 rings (SSSR count). The number of anilines is 1. The lowest BCUT2D eigenvalue weighted by molar-refractivity contribution is -0.121. The van der Waals surface area contributed by atoms with Gasteiger partial charge in [0.2, 0.25) is 5.91 Å². The van der Waals surface area contributed by atoms with Gasteiger partial charge in [-0.1, -0.05) is 25.4 Å². The fourth-order valence-electron chi connectivity index (χ4n) is 1.39. The Morgan fingerprint density at radius 3 is 2.78 bits per heavy atom. The Balaban J connectivity index is 2.66. The van der Waals surface area contributed by atoms with Crippen molar-refractivity contribution in [2.45, 2.75) is 39.7 Å². The van der Waals surface area contributed by atoms with Gasteiger partial charge in [-0.2, -0.15) is 0 Å². The molecule has 1 atom stereocenters. The molecule has 18 heavy (non-hydrogen) atoms. The van der Waals surface area contributed by atoms with Crippen molar-refractivity contribution in [3.05, 3.63) is 17.0 Å². The van der Waals surface area contributed by atoms with E-state index in [1.165, 1.54) is 0 Å². The van der Waals surface area contributed by atoms with Gasteiger partial charge in [0.05, 0.1) is 0 Å². The largest absolute Gasteiger partial charge is 0.358 e. The predicted octanol–water partition coefficient (Wildman–Crippen LogP) is 2.02. The zero-order valence-electron chi connectivity index (χ0n) is 11.0. The van der Waals surface area contributed by atoms with E-state index in [9.17, 15) is 4.79 Å². The Kier molecular flexibility index (Phi) is 5.85. The topological polar surface area (TPSA) is 66.9 Å². The second-order valence-electron chi connectivity index (χ2n) is 4.00. The average Bonchev–Trinajstić information content (AvgIpc) is 2.34. The van der Waals surface area contributed by atoms with Crippen LogP contribution in [-0.2, 0) is 11.2 Å². The molecule has 0 radical (unpaired) electrons. The molecule has 1 aromatic heterocycles. The molecule has 1 heterocycles. The Morgan fingerprint density at radius 2 is 2.17 bits per heavy atom. The first-order valence-electron chi connectivity index (χ1n) is 6.14. The van der Waals surface area contributed by atoms with Crippen LogP contribution in [0.25, 0.3) is 0 Å². The molecule has 2 N–H and O–H groups in total. The maximum atomic E-state index is 11.7. The van der Waals surface area contributed by atoms with E-state index in [1.54, 1.807) is 13.0 Å². The van der Waals surface area contributed by atoms with Crippen LogP contribution in [0.2, 0.25) is 5.15 Å². The fraction of sp³-hybridized carbons (Fsp3) is 0.583. The van der Waals surface area contributed by atoms with E-state index < -0.39 is 0 Å². The summed E-state index contributed by atoms with van der Waals surface area (Å²) in [5, 5.41) is 6.22. The highest BCUT2D eigenvalue weighted by Crippen LogP contribution is 2.12. The highest BCUT2D eigenvalue weighted by Gasteiger charge is 2.13. The first kappa shape index (κ1) is 14.7. The second-order valence-corrected chi connectivity index (χ2v) is 4.39. The van der Waals surface area contributed by atoms with Crippen LogP contribution in [-0.4, -0.2) is 28.5 Å². The van der Waals surface area contributed by atoms with Gasteiger partial charge in [-0.3, -0.25) is 4.79 Å². The normalized spacial score (nSPS) is 12.0. The van der Waals surface area contributed by atoms with E-state index in [0.717, 1.165) is 6.42 Å². The van der Waals surface area contributed by atoms with E-state index in [-0.39, 0.29) is 11.9 Å². The molecule has 1 aromatic rings. The van der Waals surface area contributed by atoms with Crippen LogP contribution in [0.3, 0.4) is 0 Å². The van der Waals surface area contributed by atoms with Crippen molar-refractivity contribution in [2.24, 2.45) is 0 Å². The van der Waals surface area contributed by atoms with Crippen molar-refractivity contribution >= 4 is 23.3 Å². The minimum absolute atomic E-state index is 0.0513. The van der Waals surface area contributed by atoms with E-state index in [1.807, 2.05) is 13.8 Å². The van der Waals surface area contributed by atoms with E-state index in [4.69, 9.17) is 11.6 Å². The number of carbonyl (C=O) groups is 1. The smallest absolute Gasteiger partial charge is 0.242 e. The van der Waals surface area contributed by atoms with Gasteiger partial charge in [-0.15, -0.1) is 0 Å². The third-order valence-electron chi connectivity index (χ3n) is 2.36. The van der Waals surface area contributed by atoms with Crippen LogP contribution in [0, 0.1) is 0 Å². The number of halogens is 1. The monoisotopic (exact) mass is 270 g/mol. The van der Waals surface area contributed by atoms with Gasteiger partial charge < -0.3 is 10.6 Å². The molecular formula is C12H19ClN4O. The lowest BCUT2D eigenvalue weighted by atomic mass is 10.3. The summed E-state index contributed by atoms with van der Waals surface area (Å²) >= 11 is 5.88. The van der Waals surface area contributed by atoms with Gasteiger partial charge >= 0.3 is 0 Å². The molecule has 100 valence electrons. The summed E-state index contributed by atoms with van der Waals surface area (Å²) in [5.74, 6) is 1.18. The molecule has 0 aromatic carbocycles. The molecule has 0 aliphatic heterocycles. The number of amides is 1. The van der Waals surface area contributed by atoms with Crippen molar-refractivity contribution in [1.29, 1.82) is 0 Å². The van der Waals surface area contributed by atoms with E-state index in [0.29, 0.717) is 29.8 Å². The molecule has 1 unspecified atom stereocenters. The predicted molar refractivity (Wildman–Crippen MR) is 72.8 cm³/mol. The Morgan fingerprint density at radius 1 is 1.44 bits per heavy atom. The van der Waals surface area contributed by atoms with Gasteiger partial charge in [0, 0.05) is 19.0 Å². The van der Waals surface area contributed by atoms with Crippen molar-refractivity contribution < 1.29 is 4.79 Å². The summed E-state index contributed by atoms with van der Waals surface area (Å²) in [7, 11) is 0. The van der Waals surface area contributed by atoms with E-state index >= 15 is 0 Å². The number of carbonyl (C=O) groups excluding carboxylic acids is 1. The van der Waals surface area contributed by atoms with Crippen LogP contribution in [0.15, 0.2) is 6.07 Å². The van der Waals surface area contributed by atoms with Gasteiger partial charge in [-0.05, 0) is 13.3 Å². The molecular weight excluding hydrogens is 252 g/mol. The summed E-state index contributed by atoms with van der Waals surface area (Å²) in [6, 6.07) is 1.26. The molecule has 0 aliphatic carbocycles. The number of hydrogen-bond donors (Lipinski definition) is 2. The molecule has 5 nitrogen and oxygen atoms in total. The third kappa shape index (κ3) is 4.49. The van der Waals surface area contributed by atoms with Gasteiger partial charge in [0.15, 0.2) is 0 Å². The highest BCUT2D eigenvalue weighted by molar-refractivity contribution is 6.29. The average molecular weight is 271 g/mol. The lowest BCUT2D eigenvalue weighted by Gasteiger charge is -2.14. The molecule has 0 saturated carbocycles. The summed E-state index contributed by atoms with van der Waals surface area (Å²) in [5.41, 5.74) is 0. The minimum Gasteiger partial charge on any atom is -0.358 e. The summed E-state index contributed by atoms with van der Waals surface area (Å²) < 4.78 is 0. The van der Waals surface area contributed by atoms with Crippen LogP contribution >= 0.6 is 11.6 Å². The fourth-order valence-corrected chi connectivity index (χ4v) is 1.59. The number of nitrogens with one attached hydrogen (secondary N) is 2. The van der Waals surface area contributed by atoms with Crippen molar-refractivity contribution in [1.82, 2.24) is 15.3 Å². The molecule has 0 fully saturated rings. The molecule has 0 bridgehead atoms. The van der Waals surface area contributed by atoms with Crippen LogP contribution in [0.5, 0.6) is 0 Å². The summed E-state index contributed by atoms with van der Waals surface area (Å²) in [6.07, 6.45) is 1.61. The standard InChI is InChI=1S/C12H19ClN4O/c1-4-6-14-12(18)8(3)15-11-7-9(13)16-10(5-2)17-11/h7-8H,4-6H2,1-3H3,(H,14,18)(H,15,16,17). The highest BCUT2D eigenvalue weighted by atomic mass is 35.5.